The standard InChI is InChI=1S/C26H28O2/c1-3-28-25-14-7-6-12-24(25)26(20-15-17-21(27-2)18-16-20)23-13-8-10-19-9-4-5-11-22(19)23/h4-7,9,11-12,14-18,23,26H,3,8,10,13H2,1-2H3. The molecule has 0 saturated carbocycles. The zero-order valence-corrected chi connectivity index (χ0v) is 16.7. The van der Waals surface area contributed by atoms with Crippen LogP contribution >= 0.6 is 0 Å². The summed E-state index contributed by atoms with van der Waals surface area (Å²) in [4.78, 5) is 0. The normalized spacial score (nSPS) is 16.9. The number of methoxy groups -OCH3 is 1. The van der Waals surface area contributed by atoms with E-state index in [-0.39, 0.29) is 5.92 Å². The predicted molar refractivity (Wildman–Crippen MR) is 115 cm³/mol. The molecule has 2 unspecified atom stereocenters. The van der Waals surface area contributed by atoms with Crippen molar-refractivity contribution in [3.8, 4) is 11.5 Å². The van der Waals surface area contributed by atoms with Crippen molar-refractivity contribution in [1.82, 2.24) is 0 Å². The third-order valence-corrected chi connectivity index (χ3v) is 5.85. The number of rotatable bonds is 6. The molecule has 28 heavy (non-hydrogen) atoms. The molecule has 0 radical (unpaired) electrons. The Hall–Kier alpha value is -2.74. The van der Waals surface area contributed by atoms with Crippen LogP contribution in [0, 0.1) is 0 Å². The molecule has 2 atom stereocenters. The van der Waals surface area contributed by atoms with Crippen LogP contribution in [0.1, 0.15) is 53.9 Å². The van der Waals surface area contributed by atoms with E-state index in [1.165, 1.54) is 41.5 Å². The maximum absolute atomic E-state index is 6.04. The summed E-state index contributed by atoms with van der Waals surface area (Å²) in [5, 5.41) is 0. The molecule has 0 bridgehead atoms. The van der Waals surface area contributed by atoms with Crippen molar-refractivity contribution < 1.29 is 9.47 Å². The molecule has 0 N–H and O–H groups in total. The third kappa shape index (κ3) is 3.64. The highest BCUT2D eigenvalue weighted by molar-refractivity contribution is 5.48. The Balaban J connectivity index is 1.85. The van der Waals surface area contributed by atoms with Gasteiger partial charge in [0, 0.05) is 11.5 Å². The highest BCUT2D eigenvalue weighted by Crippen LogP contribution is 2.47. The van der Waals surface area contributed by atoms with E-state index in [1.807, 2.05) is 0 Å². The van der Waals surface area contributed by atoms with Crippen LogP contribution in [0.25, 0.3) is 0 Å². The largest absolute Gasteiger partial charge is 0.497 e. The van der Waals surface area contributed by atoms with Crippen LogP contribution in [0.3, 0.4) is 0 Å². The van der Waals surface area contributed by atoms with E-state index >= 15 is 0 Å². The Morgan fingerprint density at radius 3 is 2.46 bits per heavy atom. The number of hydrogen-bond acceptors (Lipinski definition) is 2. The lowest BCUT2D eigenvalue weighted by Gasteiger charge is -2.34. The zero-order valence-electron chi connectivity index (χ0n) is 16.7. The molecule has 3 aromatic rings. The Kier molecular flexibility index (Phi) is 5.66. The van der Waals surface area contributed by atoms with E-state index in [4.69, 9.17) is 9.47 Å². The van der Waals surface area contributed by atoms with Crippen LogP contribution in [0.2, 0.25) is 0 Å². The Labute approximate surface area is 168 Å². The fourth-order valence-electron chi connectivity index (χ4n) is 4.60. The van der Waals surface area contributed by atoms with Crippen molar-refractivity contribution in [2.24, 2.45) is 0 Å². The molecule has 0 amide bonds. The minimum absolute atomic E-state index is 0.259. The van der Waals surface area contributed by atoms with Crippen molar-refractivity contribution in [3.05, 3.63) is 95.1 Å². The molecule has 144 valence electrons. The molecule has 0 heterocycles. The lowest BCUT2D eigenvalue weighted by Crippen LogP contribution is -2.19. The van der Waals surface area contributed by atoms with Gasteiger partial charge in [-0.3, -0.25) is 0 Å². The average Bonchev–Trinajstić information content (AvgIpc) is 2.76. The molecule has 1 aliphatic rings. The highest BCUT2D eigenvalue weighted by atomic mass is 16.5. The molecular weight excluding hydrogens is 344 g/mol. The molecule has 2 heteroatoms. The van der Waals surface area contributed by atoms with E-state index < -0.39 is 0 Å². The van der Waals surface area contributed by atoms with Gasteiger partial charge in [-0.25, -0.2) is 0 Å². The van der Waals surface area contributed by atoms with Gasteiger partial charge in [0.15, 0.2) is 0 Å². The second-order valence-electron chi connectivity index (χ2n) is 7.42. The number of hydrogen-bond donors (Lipinski definition) is 0. The lowest BCUT2D eigenvalue weighted by atomic mass is 9.70. The Morgan fingerprint density at radius 2 is 1.68 bits per heavy atom. The molecule has 0 aliphatic heterocycles. The molecule has 2 nitrogen and oxygen atoms in total. The van der Waals surface area contributed by atoms with Gasteiger partial charge < -0.3 is 9.47 Å². The molecule has 0 saturated heterocycles. The summed E-state index contributed by atoms with van der Waals surface area (Å²) in [6.45, 7) is 2.72. The Bertz CT molecular complexity index is 914. The first-order valence-electron chi connectivity index (χ1n) is 10.2. The summed E-state index contributed by atoms with van der Waals surface area (Å²) in [5.41, 5.74) is 5.57. The smallest absolute Gasteiger partial charge is 0.123 e. The third-order valence-electron chi connectivity index (χ3n) is 5.85. The zero-order chi connectivity index (χ0) is 19.3. The maximum Gasteiger partial charge on any atom is 0.123 e. The molecule has 1 aliphatic carbocycles. The van der Waals surface area contributed by atoms with Crippen LogP contribution < -0.4 is 9.47 Å². The van der Waals surface area contributed by atoms with Gasteiger partial charge in [-0.15, -0.1) is 0 Å². The van der Waals surface area contributed by atoms with Gasteiger partial charge in [-0.2, -0.15) is 0 Å². The maximum atomic E-state index is 6.04. The second-order valence-corrected chi connectivity index (χ2v) is 7.42. The van der Waals surface area contributed by atoms with Gasteiger partial charge in [-0.05, 0) is 67.0 Å². The van der Waals surface area contributed by atoms with E-state index in [9.17, 15) is 0 Å². The van der Waals surface area contributed by atoms with E-state index in [0.29, 0.717) is 12.5 Å². The van der Waals surface area contributed by atoms with Gasteiger partial charge in [0.05, 0.1) is 13.7 Å². The van der Waals surface area contributed by atoms with Gasteiger partial charge in [0.2, 0.25) is 0 Å². The molecule has 4 rings (SSSR count). The number of aryl methyl sites for hydroxylation is 1. The predicted octanol–water partition coefficient (Wildman–Crippen LogP) is 6.35. The van der Waals surface area contributed by atoms with Crippen LogP contribution in [-0.2, 0) is 6.42 Å². The molecular formula is C26H28O2. The first-order valence-corrected chi connectivity index (χ1v) is 10.2. The average molecular weight is 373 g/mol. The summed E-state index contributed by atoms with van der Waals surface area (Å²) >= 11 is 0. The van der Waals surface area contributed by atoms with Crippen LogP contribution in [0.15, 0.2) is 72.8 Å². The van der Waals surface area contributed by atoms with Crippen LogP contribution in [-0.4, -0.2) is 13.7 Å². The van der Waals surface area contributed by atoms with Gasteiger partial charge in [0.1, 0.15) is 11.5 Å². The van der Waals surface area contributed by atoms with Gasteiger partial charge in [0.25, 0.3) is 0 Å². The highest BCUT2D eigenvalue weighted by Gasteiger charge is 2.31. The second kappa shape index (κ2) is 8.52. The van der Waals surface area contributed by atoms with Gasteiger partial charge >= 0.3 is 0 Å². The van der Waals surface area contributed by atoms with Crippen LogP contribution in [0.5, 0.6) is 11.5 Å². The Morgan fingerprint density at radius 1 is 0.929 bits per heavy atom. The minimum atomic E-state index is 0.259. The number of fused-ring (bicyclic) bond motifs is 1. The summed E-state index contributed by atoms with van der Waals surface area (Å²) in [6.07, 6.45) is 3.59. The fraction of sp³-hybridized carbons (Fsp3) is 0.308. The van der Waals surface area contributed by atoms with Crippen molar-refractivity contribution in [2.45, 2.75) is 38.0 Å². The number of benzene rings is 3. The molecule has 0 spiro atoms. The quantitative estimate of drug-likeness (QED) is 0.502. The van der Waals surface area contributed by atoms with E-state index in [0.717, 1.165) is 11.5 Å². The van der Waals surface area contributed by atoms with Crippen molar-refractivity contribution in [2.75, 3.05) is 13.7 Å². The molecule has 0 aromatic heterocycles. The lowest BCUT2D eigenvalue weighted by molar-refractivity contribution is 0.332. The molecule has 3 aromatic carbocycles. The van der Waals surface area contributed by atoms with E-state index in [2.05, 4.69) is 79.7 Å². The summed E-state index contributed by atoms with van der Waals surface area (Å²) in [5.74, 6) is 2.59. The fourth-order valence-corrected chi connectivity index (χ4v) is 4.60. The first-order chi connectivity index (χ1) is 13.8. The van der Waals surface area contributed by atoms with Crippen LogP contribution in [0.4, 0.5) is 0 Å². The monoisotopic (exact) mass is 372 g/mol. The summed E-state index contributed by atoms with van der Waals surface area (Å²) in [6, 6.07) is 26.0. The van der Waals surface area contributed by atoms with Crippen molar-refractivity contribution >= 4 is 0 Å². The summed E-state index contributed by atoms with van der Waals surface area (Å²) < 4.78 is 11.4. The van der Waals surface area contributed by atoms with Crippen molar-refractivity contribution in [3.63, 3.8) is 0 Å². The number of para-hydroxylation sites is 1. The van der Waals surface area contributed by atoms with Crippen molar-refractivity contribution in [1.29, 1.82) is 0 Å². The topological polar surface area (TPSA) is 18.5 Å². The van der Waals surface area contributed by atoms with Gasteiger partial charge in [-0.1, -0.05) is 54.6 Å². The first kappa shape index (κ1) is 18.6. The SMILES string of the molecule is CCOc1ccccc1C(c1ccc(OC)cc1)C1CCCc2ccccc21. The van der Waals surface area contributed by atoms with E-state index in [1.54, 1.807) is 7.11 Å². The number of ether oxygens (including phenoxy) is 2. The molecule has 0 fully saturated rings. The summed E-state index contributed by atoms with van der Waals surface area (Å²) in [7, 11) is 1.72. The minimum Gasteiger partial charge on any atom is -0.497 e.